The Morgan fingerprint density at radius 1 is 1.30 bits per heavy atom. The van der Waals surface area contributed by atoms with E-state index in [1.807, 2.05) is 6.07 Å². The number of nitriles is 1. The van der Waals surface area contributed by atoms with E-state index in [4.69, 9.17) is 0 Å². The molecule has 1 aromatic carbocycles. The molecule has 1 aliphatic carbocycles. The van der Waals surface area contributed by atoms with Gasteiger partial charge in [-0.2, -0.15) is 5.26 Å². The zero-order valence-electron chi connectivity index (χ0n) is 17.5. The minimum Gasteiger partial charge on any atom is -0.363 e. The Morgan fingerprint density at radius 2 is 2.07 bits per heavy atom. The molecule has 0 aromatic heterocycles. The topological polar surface area (TPSA) is 71.4 Å². The summed E-state index contributed by atoms with van der Waals surface area (Å²) >= 11 is 0. The number of rotatable bonds is 5. The van der Waals surface area contributed by atoms with Crippen molar-refractivity contribution in [2.45, 2.75) is 68.7 Å². The summed E-state index contributed by atoms with van der Waals surface area (Å²) in [6, 6.07) is 7.90. The Hall–Kier alpha value is -2.17. The summed E-state index contributed by atoms with van der Waals surface area (Å²) in [4.78, 5) is 17.3. The van der Waals surface area contributed by atoms with Crippen LogP contribution in [0.5, 0.6) is 0 Å². The van der Waals surface area contributed by atoms with Crippen LogP contribution in [0.1, 0.15) is 37.7 Å². The third-order valence-electron chi connectivity index (χ3n) is 7.54. The van der Waals surface area contributed by atoms with Gasteiger partial charge in [-0.3, -0.25) is 4.79 Å². The number of anilines is 1. The van der Waals surface area contributed by atoms with Gasteiger partial charge in [0.05, 0.1) is 12.1 Å². The van der Waals surface area contributed by atoms with Crippen molar-refractivity contribution in [3.05, 3.63) is 29.6 Å². The molecule has 6 nitrogen and oxygen atoms in total. The van der Waals surface area contributed by atoms with Crippen LogP contribution in [0.25, 0.3) is 0 Å². The minimum atomic E-state index is -0.724. The first-order chi connectivity index (χ1) is 14.5. The Labute approximate surface area is 177 Å². The van der Waals surface area contributed by atoms with Gasteiger partial charge in [-0.15, -0.1) is 0 Å². The van der Waals surface area contributed by atoms with E-state index in [0.29, 0.717) is 29.6 Å². The number of hydrogen-bond acceptors (Lipinski definition) is 5. The summed E-state index contributed by atoms with van der Waals surface area (Å²) < 4.78 is 14.9. The predicted molar refractivity (Wildman–Crippen MR) is 112 cm³/mol. The summed E-state index contributed by atoms with van der Waals surface area (Å²) in [7, 11) is 2.15. The smallest absolute Gasteiger partial charge is 0.238 e. The second-order valence-corrected chi connectivity index (χ2v) is 9.60. The second-order valence-electron chi connectivity index (χ2n) is 9.60. The lowest BCUT2D eigenvalue weighted by molar-refractivity contribution is -0.124. The quantitative estimate of drug-likeness (QED) is 0.773. The average Bonchev–Trinajstić information content (AvgIpc) is 3.42. The Bertz CT molecular complexity index is 856. The second kappa shape index (κ2) is 7.82. The maximum absolute atomic E-state index is 14.9. The zero-order chi connectivity index (χ0) is 20.8. The third kappa shape index (κ3) is 3.57. The van der Waals surface area contributed by atoms with Crippen LogP contribution in [0.15, 0.2) is 18.2 Å². The lowest BCUT2D eigenvalue weighted by Gasteiger charge is -2.41. The van der Waals surface area contributed by atoms with E-state index >= 15 is 0 Å². The molecule has 0 radical (unpaired) electrons. The van der Waals surface area contributed by atoms with Gasteiger partial charge in [0, 0.05) is 43.3 Å². The maximum Gasteiger partial charge on any atom is 0.238 e. The Kier molecular flexibility index (Phi) is 5.16. The van der Waals surface area contributed by atoms with Crippen molar-refractivity contribution < 1.29 is 9.18 Å². The molecule has 1 amide bonds. The van der Waals surface area contributed by atoms with Crippen LogP contribution < -0.4 is 15.5 Å². The van der Waals surface area contributed by atoms with Gasteiger partial charge in [0.15, 0.2) is 0 Å². The average molecular weight is 412 g/mol. The molecule has 4 aliphatic rings. The zero-order valence-corrected chi connectivity index (χ0v) is 17.5. The van der Waals surface area contributed by atoms with Crippen LogP contribution in [0.3, 0.4) is 0 Å². The SMILES string of the molecule is CN1CC2CCC(C1)N2c1ccc(C[C@@H](C#N)NC(=O)C2NC3CCC2C3)c(F)c1. The maximum atomic E-state index is 14.9. The van der Waals surface area contributed by atoms with Crippen molar-refractivity contribution in [2.24, 2.45) is 5.92 Å². The van der Waals surface area contributed by atoms with E-state index in [0.717, 1.165) is 50.9 Å². The third-order valence-corrected chi connectivity index (χ3v) is 7.54. The number of halogens is 1. The number of piperazine rings is 1. The van der Waals surface area contributed by atoms with E-state index in [-0.39, 0.29) is 24.2 Å². The van der Waals surface area contributed by atoms with Gasteiger partial charge in [0.1, 0.15) is 11.9 Å². The van der Waals surface area contributed by atoms with Crippen molar-refractivity contribution in [2.75, 3.05) is 25.0 Å². The molecule has 5 unspecified atom stereocenters. The number of nitrogens with zero attached hydrogens (tertiary/aromatic N) is 3. The molecule has 30 heavy (non-hydrogen) atoms. The molecular weight excluding hydrogens is 381 g/mol. The first-order valence-corrected chi connectivity index (χ1v) is 11.2. The number of nitrogens with one attached hydrogen (secondary N) is 2. The van der Waals surface area contributed by atoms with Crippen LogP contribution in [0.2, 0.25) is 0 Å². The first-order valence-electron chi connectivity index (χ1n) is 11.2. The highest BCUT2D eigenvalue weighted by atomic mass is 19.1. The van der Waals surface area contributed by atoms with E-state index < -0.39 is 6.04 Å². The number of carbonyl (C=O) groups is 1. The van der Waals surface area contributed by atoms with Crippen LogP contribution in [-0.2, 0) is 11.2 Å². The number of likely N-dealkylation sites (N-methyl/N-ethyl adjacent to an activating group) is 1. The molecule has 3 aliphatic heterocycles. The molecule has 1 saturated carbocycles. The Morgan fingerprint density at radius 3 is 2.67 bits per heavy atom. The highest BCUT2D eigenvalue weighted by molar-refractivity contribution is 5.83. The highest BCUT2D eigenvalue weighted by Gasteiger charge is 2.43. The summed E-state index contributed by atoms with van der Waals surface area (Å²) in [6.45, 7) is 2.03. The Balaban J connectivity index is 1.24. The standard InChI is InChI=1S/C23H30FN5O/c1-28-12-19-6-7-20(13-28)29(19)18-5-3-14(21(24)10-18)8-17(11-25)27-23(30)22-15-2-4-16(9-15)26-22/h3,5,10,15-17,19-20,22,26H,2,4,6-9,12-13H2,1H3,(H,27,30)/t15?,16?,17-,19?,20?,22?/m0/s1. The molecule has 4 bridgehead atoms. The fourth-order valence-electron chi connectivity index (χ4n) is 6.16. The predicted octanol–water partition coefficient (Wildman–Crippen LogP) is 1.80. The van der Waals surface area contributed by atoms with Gasteiger partial charge in [0.2, 0.25) is 5.91 Å². The van der Waals surface area contributed by atoms with Gasteiger partial charge in [-0.25, -0.2) is 4.39 Å². The molecule has 2 N–H and O–H groups in total. The fraction of sp³-hybridized carbons (Fsp3) is 0.652. The summed E-state index contributed by atoms with van der Waals surface area (Å²) in [5.74, 6) is -0.0533. The summed E-state index contributed by atoms with van der Waals surface area (Å²) in [6.07, 6.45) is 5.72. The number of piperidine rings is 1. The van der Waals surface area contributed by atoms with E-state index in [1.165, 1.54) is 0 Å². The lowest BCUT2D eigenvalue weighted by atomic mass is 9.98. The van der Waals surface area contributed by atoms with Crippen LogP contribution >= 0.6 is 0 Å². The lowest BCUT2D eigenvalue weighted by Crippen LogP contribution is -2.52. The molecule has 0 spiro atoms. The van der Waals surface area contributed by atoms with Crippen LogP contribution in [0, 0.1) is 23.1 Å². The molecule has 5 rings (SSSR count). The molecule has 160 valence electrons. The number of likely N-dealkylation sites (tertiary alicyclic amines) is 1. The van der Waals surface area contributed by atoms with E-state index in [1.54, 1.807) is 12.1 Å². The van der Waals surface area contributed by atoms with Gasteiger partial charge >= 0.3 is 0 Å². The van der Waals surface area contributed by atoms with Crippen molar-refractivity contribution >= 4 is 11.6 Å². The van der Waals surface area contributed by atoms with Gasteiger partial charge in [0.25, 0.3) is 0 Å². The normalized spacial score (nSPS) is 33.5. The first kappa shape index (κ1) is 19.8. The van der Waals surface area contributed by atoms with Gasteiger partial charge in [-0.05, 0) is 62.8 Å². The van der Waals surface area contributed by atoms with E-state index in [9.17, 15) is 14.4 Å². The van der Waals surface area contributed by atoms with Crippen LogP contribution in [0.4, 0.5) is 10.1 Å². The number of fused-ring (bicyclic) bond motifs is 4. The largest absolute Gasteiger partial charge is 0.363 e. The van der Waals surface area contributed by atoms with Crippen molar-refractivity contribution in [3.8, 4) is 6.07 Å². The molecule has 7 heteroatoms. The van der Waals surface area contributed by atoms with Crippen molar-refractivity contribution in [1.29, 1.82) is 5.26 Å². The minimum absolute atomic E-state index is 0.125. The van der Waals surface area contributed by atoms with Gasteiger partial charge < -0.3 is 20.4 Å². The van der Waals surface area contributed by atoms with Crippen molar-refractivity contribution in [3.63, 3.8) is 0 Å². The number of carbonyl (C=O) groups excluding carboxylic acids is 1. The number of amides is 1. The molecule has 4 fully saturated rings. The number of hydrogen-bond donors (Lipinski definition) is 2. The monoisotopic (exact) mass is 411 g/mol. The molecule has 1 aromatic rings. The van der Waals surface area contributed by atoms with Crippen LogP contribution in [-0.4, -0.2) is 61.2 Å². The number of benzene rings is 1. The fourth-order valence-corrected chi connectivity index (χ4v) is 6.16. The van der Waals surface area contributed by atoms with Crippen molar-refractivity contribution in [1.82, 2.24) is 15.5 Å². The molecular formula is C23H30FN5O. The van der Waals surface area contributed by atoms with Gasteiger partial charge in [-0.1, -0.05) is 6.07 Å². The highest BCUT2D eigenvalue weighted by Crippen LogP contribution is 2.36. The molecule has 3 heterocycles. The summed E-state index contributed by atoms with van der Waals surface area (Å²) in [5, 5.41) is 15.7. The molecule has 3 saturated heterocycles. The molecule has 6 atom stereocenters. The summed E-state index contributed by atoms with van der Waals surface area (Å²) in [5.41, 5.74) is 1.41. The van der Waals surface area contributed by atoms with E-state index in [2.05, 4.69) is 33.6 Å².